The molecule has 0 bridgehead atoms. The van der Waals surface area contributed by atoms with E-state index in [0.717, 1.165) is 30.1 Å². The van der Waals surface area contributed by atoms with Crippen molar-refractivity contribution in [1.29, 1.82) is 0 Å². The van der Waals surface area contributed by atoms with Crippen molar-refractivity contribution in [3.05, 3.63) is 16.1 Å². The van der Waals surface area contributed by atoms with Crippen molar-refractivity contribution in [3.8, 4) is 0 Å². The fourth-order valence-electron chi connectivity index (χ4n) is 1.88. The molecule has 0 aliphatic carbocycles. The Bertz CT molecular complexity index is 440. The van der Waals surface area contributed by atoms with Gasteiger partial charge in [-0.15, -0.1) is 11.3 Å². The predicted molar refractivity (Wildman–Crippen MR) is 86.6 cm³/mol. The summed E-state index contributed by atoms with van der Waals surface area (Å²) < 4.78 is 5.24. The summed E-state index contributed by atoms with van der Waals surface area (Å²) in [5.74, 6) is 0. The van der Waals surface area contributed by atoms with E-state index in [4.69, 9.17) is 4.74 Å². The molecule has 1 unspecified atom stereocenters. The molecule has 1 rings (SSSR count). The first-order valence-corrected chi connectivity index (χ1v) is 8.29. The topological polar surface area (TPSA) is 63.2 Å². The van der Waals surface area contributed by atoms with Gasteiger partial charge in [0.25, 0.3) is 0 Å². The van der Waals surface area contributed by atoms with Crippen LogP contribution in [-0.4, -0.2) is 29.3 Å². The van der Waals surface area contributed by atoms with Gasteiger partial charge in [-0.05, 0) is 34.1 Å². The van der Waals surface area contributed by atoms with Gasteiger partial charge in [0.2, 0.25) is 0 Å². The number of aromatic nitrogens is 1. The van der Waals surface area contributed by atoms with Crippen LogP contribution in [0.3, 0.4) is 0 Å². The molecule has 21 heavy (non-hydrogen) atoms. The monoisotopic (exact) mass is 313 g/mol. The number of hydrogen-bond acceptors (Lipinski definition) is 5. The van der Waals surface area contributed by atoms with Crippen molar-refractivity contribution < 1.29 is 9.53 Å². The Morgan fingerprint density at radius 3 is 2.71 bits per heavy atom. The number of amides is 1. The van der Waals surface area contributed by atoms with Crippen LogP contribution in [0.1, 0.15) is 51.2 Å². The molecule has 0 radical (unpaired) electrons. The minimum absolute atomic E-state index is 0.226. The fourth-order valence-corrected chi connectivity index (χ4v) is 2.50. The number of alkyl carbamates (subject to hydrolysis) is 1. The molecule has 1 atom stereocenters. The lowest BCUT2D eigenvalue weighted by molar-refractivity contribution is 0.0521. The quantitative estimate of drug-likeness (QED) is 0.811. The van der Waals surface area contributed by atoms with Gasteiger partial charge in [-0.3, -0.25) is 0 Å². The summed E-state index contributed by atoms with van der Waals surface area (Å²) in [6, 6.07) is 0.226. The number of hydrogen-bond donors (Lipinski definition) is 2. The lowest BCUT2D eigenvalue weighted by Crippen LogP contribution is -2.42. The van der Waals surface area contributed by atoms with Crippen LogP contribution in [0.25, 0.3) is 0 Å². The first-order chi connectivity index (χ1) is 9.80. The first kappa shape index (κ1) is 17.9. The average Bonchev–Trinajstić information content (AvgIpc) is 2.76. The molecular formula is C15H27N3O2S. The predicted octanol–water partition coefficient (Wildman–Crippen LogP) is 3.23. The summed E-state index contributed by atoms with van der Waals surface area (Å²) in [7, 11) is 0. The van der Waals surface area contributed by atoms with E-state index >= 15 is 0 Å². The highest BCUT2D eigenvalue weighted by molar-refractivity contribution is 7.09. The molecule has 120 valence electrons. The molecular weight excluding hydrogens is 286 g/mol. The van der Waals surface area contributed by atoms with Crippen LogP contribution in [0.2, 0.25) is 0 Å². The number of rotatable bonds is 7. The molecule has 1 aromatic heterocycles. The maximum Gasteiger partial charge on any atom is 0.407 e. The molecule has 0 saturated carbocycles. The van der Waals surface area contributed by atoms with Crippen molar-refractivity contribution in [2.45, 2.75) is 65.6 Å². The molecule has 0 aromatic carbocycles. The molecule has 0 spiro atoms. The van der Waals surface area contributed by atoms with Crippen molar-refractivity contribution in [2.75, 3.05) is 6.54 Å². The number of ether oxygens (including phenoxy) is 1. The van der Waals surface area contributed by atoms with Gasteiger partial charge < -0.3 is 15.4 Å². The zero-order valence-electron chi connectivity index (χ0n) is 13.7. The lowest BCUT2D eigenvalue weighted by Gasteiger charge is -2.22. The number of nitrogens with zero attached hydrogens (tertiary/aromatic N) is 1. The van der Waals surface area contributed by atoms with E-state index in [0.29, 0.717) is 6.54 Å². The molecule has 0 aliphatic heterocycles. The van der Waals surface area contributed by atoms with Crippen LogP contribution in [0.4, 0.5) is 4.79 Å². The van der Waals surface area contributed by atoms with Gasteiger partial charge >= 0.3 is 6.09 Å². The van der Waals surface area contributed by atoms with Crippen LogP contribution in [0, 0.1) is 6.92 Å². The Balaban J connectivity index is 2.37. The van der Waals surface area contributed by atoms with E-state index in [1.165, 1.54) is 0 Å². The third-order valence-corrected chi connectivity index (χ3v) is 3.59. The van der Waals surface area contributed by atoms with Crippen molar-refractivity contribution in [3.63, 3.8) is 0 Å². The number of aryl methyl sites for hydroxylation is 1. The van der Waals surface area contributed by atoms with Crippen molar-refractivity contribution >= 4 is 17.4 Å². The largest absolute Gasteiger partial charge is 0.444 e. The van der Waals surface area contributed by atoms with Crippen LogP contribution < -0.4 is 10.6 Å². The van der Waals surface area contributed by atoms with Crippen LogP contribution in [0.15, 0.2) is 5.38 Å². The van der Waals surface area contributed by atoms with Gasteiger partial charge in [-0.1, -0.05) is 13.3 Å². The lowest BCUT2D eigenvalue weighted by atomic mass is 10.1. The highest BCUT2D eigenvalue weighted by Crippen LogP contribution is 2.09. The third kappa shape index (κ3) is 8.02. The molecule has 6 heteroatoms. The zero-order chi connectivity index (χ0) is 15.9. The second-order valence-corrected chi connectivity index (χ2v) is 7.17. The van der Waals surface area contributed by atoms with E-state index in [1.807, 2.05) is 27.7 Å². The molecule has 0 saturated heterocycles. The highest BCUT2D eigenvalue weighted by Gasteiger charge is 2.17. The fraction of sp³-hybridized carbons (Fsp3) is 0.733. The summed E-state index contributed by atoms with van der Waals surface area (Å²) in [6.45, 7) is 11.0. The second-order valence-electron chi connectivity index (χ2n) is 6.11. The Labute approximate surface area is 131 Å². The van der Waals surface area contributed by atoms with Gasteiger partial charge in [0.15, 0.2) is 0 Å². The van der Waals surface area contributed by atoms with Gasteiger partial charge in [0.1, 0.15) is 5.60 Å². The molecule has 2 N–H and O–H groups in total. The van der Waals surface area contributed by atoms with E-state index < -0.39 is 5.60 Å². The van der Waals surface area contributed by atoms with Gasteiger partial charge in [0.05, 0.1) is 10.7 Å². The van der Waals surface area contributed by atoms with E-state index in [1.54, 1.807) is 11.3 Å². The molecule has 0 fully saturated rings. The van der Waals surface area contributed by atoms with E-state index in [2.05, 4.69) is 27.9 Å². The van der Waals surface area contributed by atoms with Gasteiger partial charge in [0, 0.05) is 24.5 Å². The summed E-state index contributed by atoms with van der Waals surface area (Å²) in [5.41, 5.74) is 0.589. The molecule has 5 nitrogen and oxygen atoms in total. The van der Waals surface area contributed by atoms with Gasteiger partial charge in [-0.25, -0.2) is 9.78 Å². The van der Waals surface area contributed by atoms with Crippen molar-refractivity contribution in [2.24, 2.45) is 0 Å². The minimum atomic E-state index is -0.462. The highest BCUT2D eigenvalue weighted by atomic mass is 32.1. The third-order valence-electron chi connectivity index (χ3n) is 2.77. The molecule has 1 aromatic rings. The second kappa shape index (κ2) is 8.34. The van der Waals surface area contributed by atoms with Crippen LogP contribution in [0.5, 0.6) is 0 Å². The Kier molecular flexibility index (Phi) is 7.11. The van der Waals surface area contributed by atoms with Gasteiger partial charge in [-0.2, -0.15) is 0 Å². The maximum atomic E-state index is 11.7. The average molecular weight is 313 g/mol. The first-order valence-electron chi connectivity index (χ1n) is 7.41. The Hall–Kier alpha value is -1.14. The summed E-state index contributed by atoms with van der Waals surface area (Å²) in [5, 5.41) is 9.40. The molecule has 1 heterocycles. The minimum Gasteiger partial charge on any atom is -0.444 e. The number of thiazole rings is 1. The smallest absolute Gasteiger partial charge is 0.407 e. The number of carbonyl (C=O) groups excluding carboxylic acids is 1. The Morgan fingerprint density at radius 1 is 1.48 bits per heavy atom. The maximum absolute atomic E-state index is 11.7. The molecule has 1 amide bonds. The Morgan fingerprint density at radius 2 is 2.19 bits per heavy atom. The van der Waals surface area contributed by atoms with E-state index in [-0.39, 0.29) is 12.1 Å². The standard InChI is InChI=1S/C15H27N3O2S/c1-6-7-12(8-17-14(19)20-15(3,4)5)16-9-13-10-21-11(2)18-13/h10,12,16H,6-9H2,1-5H3,(H,17,19). The van der Waals surface area contributed by atoms with Crippen LogP contribution >= 0.6 is 11.3 Å². The molecule has 0 aliphatic rings. The number of nitrogens with one attached hydrogen (secondary N) is 2. The SMILES string of the molecule is CCCC(CNC(=O)OC(C)(C)C)NCc1csc(C)n1. The van der Waals surface area contributed by atoms with Crippen LogP contribution in [-0.2, 0) is 11.3 Å². The summed E-state index contributed by atoms with van der Waals surface area (Å²) in [6.07, 6.45) is 1.69. The zero-order valence-corrected chi connectivity index (χ0v) is 14.5. The number of carbonyl (C=O) groups is 1. The van der Waals surface area contributed by atoms with E-state index in [9.17, 15) is 4.79 Å². The summed E-state index contributed by atoms with van der Waals surface area (Å²) >= 11 is 1.65. The van der Waals surface area contributed by atoms with Crippen molar-refractivity contribution in [1.82, 2.24) is 15.6 Å². The summed E-state index contributed by atoms with van der Waals surface area (Å²) in [4.78, 5) is 16.1. The normalized spacial score (nSPS) is 13.0.